The minimum Gasteiger partial charge on any atom is -0.480 e. The van der Waals surface area contributed by atoms with Crippen molar-refractivity contribution in [2.75, 3.05) is 18.0 Å². The van der Waals surface area contributed by atoms with Crippen LogP contribution in [0.1, 0.15) is 33.1 Å². The van der Waals surface area contributed by atoms with Gasteiger partial charge in [-0.25, -0.2) is 0 Å². The summed E-state index contributed by atoms with van der Waals surface area (Å²) in [4.78, 5) is 24.7. The molecule has 1 rings (SSSR count). The number of para-hydroxylation sites is 1. The Morgan fingerprint density at radius 2 is 1.81 bits per heavy atom. The first-order valence-electron chi connectivity index (χ1n) is 7.13. The van der Waals surface area contributed by atoms with E-state index in [4.69, 9.17) is 10.8 Å². The highest BCUT2D eigenvalue weighted by atomic mass is 16.4. The molecule has 0 radical (unpaired) electrons. The van der Waals surface area contributed by atoms with Gasteiger partial charge in [0.05, 0.1) is 0 Å². The Morgan fingerprint density at radius 1 is 1.19 bits per heavy atom. The minimum absolute atomic E-state index is 0.0179. The number of carbonyl (C=O) groups is 2. The number of aliphatic carboxylic acids is 1. The van der Waals surface area contributed by atoms with Gasteiger partial charge in [0.25, 0.3) is 0 Å². The Hall–Kier alpha value is -1.88. The lowest BCUT2D eigenvalue weighted by Gasteiger charge is -2.26. The van der Waals surface area contributed by atoms with Crippen molar-refractivity contribution in [2.45, 2.75) is 33.1 Å². The number of carboxylic acids is 1. The molecule has 5 heteroatoms. The van der Waals surface area contributed by atoms with Crippen molar-refractivity contribution in [1.29, 1.82) is 0 Å². The predicted octanol–water partition coefficient (Wildman–Crippen LogP) is 2.26. The van der Waals surface area contributed by atoms with E-state index in [-0.39, 0.29) is 17.9 Å². The molecule has 0 saturated carbocycles. The summed E-state index contributed by atoms with van der Waals surface area (Å²) in [7, 11) is 0. The van der Waals surface area contributed by atoms with Gasteiger partial charge in [0.2, 0.25) is 5.91 Å². The molecule has 0 aliphatic rings. The molecular formula is C16H24N2O3. The Bertz CT molecular complexity index is 472. The highest BCUT2D eigenvalue weighted by Crippen LogP contribution is 2.27. The van der Waals surface area contributed by atoms with E-state index in [1.807, 2.05) is 6.07 Å². The van der Waals surface area contributed by atoms with Gasteiger partial charge in [-0.2, -0.15) is 0 Å². The maximum Gasteiger partial charge on any atom is 0.323 e. The van der Waals surface area contributed by atoms with E-state index in [1.165, 1.54) is 4.90 Å². The molecule has 1 aromatic carbocycles. The molecule has 3 N–H and O–H groups in total. The standard InChI is InChI=1S/C16H24N2O3/c1-16(2,10-11-17)9-8-14(19)18(12-15(20)21)13-6-4-3-5-7-13/h3-7H,8-12,17H2,1-2H3,(H,20,21). The van der Waals surface area contributed by atoms with Crippen LogP contribution in [0.4, 0.5) is 5.69 Å². The van der Waals surface area contributed by atoms with Crippen molar-refractivity contribution in [1.82, 2.24) is 0 Å². The number of anilines is 1. The lowest BCUT2D eigenvalue weighted by atomic mass is 9.84. The lowest BCUT2D eigenvalue weighted by Crippen LogP contribution is -2.36. The van der Waals surface area contributed by atoms with Gasteiger partial charge >= 0.3 is 5.97 Å². The van der Waals surface area contributed by atoms with E-state index in [0.717, 1.165) is 6.42 Å². The van der Waals surface area contributed by atoms with Gasteiger partial charge in [0.15, 0.2) is 0 Å². The molecule has 21 heavy (non-hydrogen) atoms. The van der Waals surface area contributed by atoms with Crippen molar-refractivity contribution < 1.29 is 14.7 Å². The van der Waals surface area contributed by atoms with Gasteiger partial charge in [-0.3, -0.25) is 9.59 Å². The maximum absolute atomic E-state index is 12.4. The van der Waals surface area contributed by atoms with Crippen LogP contribution in [0.2, 0.25) is 0 Å². The average molecular weight is 292 g/mol. The molecule has 0 saturated heterocycles. The number of carboxylic acid groups (broad SMARTS) is 1. The smallest absolute Gasteiger partial charge is 0.323 e. The van der Waals surface area contributed by atoms with Crippen molar-refractivity contribution in [3.05, 3.63) is 30.3 Å². The zero-order chi connectivity index (χ0) is 15.9. The molecule has 0 unspecified atom stereocenters. The third-order valence-electron chi connectivity index (χ3n) is 3.50. The number of hydrogen-bond donors (Lipinski definition) is 2. The summed E-state index contributed by atoms with van der Waals surface area (Å²) in [6.45, 7) is 4.40. The first-order valence-corrected chi connectivity index (χ1v) is 7.13. The summed E-state index contributed by atoms with van der Waals surface area (Å²) in [5, 5.41) is 9.00. The molecular weight excluding hydrogens is 268 g/mol. The quantitative estimate of drug-likeness (QED) is 0.769. The molecule has 0 bridgehead atoms. The SMILES string of the molecule is CC(C)(CCN)CCC(=O)N(CC(=O)O)c1ccccc1. The van der Waals surface area contributed by atoms with Crippen molar-refractivity contribution in [2.24, 2.45) is 11.1 Å². The van der Waals surface area contributed by atoms with Crippen LogP contribution in [0.15, 0.2) is 30.3 Å². The topological polar surface area (TPSA) is 83.6 Å². The van der Waals surface area contributed by atoms with E-state index < -0.39 is 5.97 Å². The molecule has 0 heterocycles. The third-order valence-corrected chi connectivity index (χ3v) is 3.50. The largest absolute Gasteiger partial charge is 0.480 e. The second kappa shape index (κ2) is 7.78. The van der Waals surface area contributed by atoms with E-state index in [2.05, 4.69) is 13.8 Å². The van der Waals surface area contributed by atoms with E-state index in [0.29, 0.717) is 25.1 Å². The second-order valence-corrected chi connectivity index (χ2v) is 5.91. The number of nitrogens with two attached hydrogens (primary N) is 1. The van der Waals surface area contributed by atoms with Crippen LogP contribution in [-0.2, 0) is 9.59 Å². The average Bonchev–Trinajstić information content (AvgIpc) is 2.43. The molecule has 0 aliphatic heterocycles. The van der Waals surface area contributed by atoms with Crippen LogP contribution in [-0.4, -0.2) is 30.1 Å². The van der Waals surface area contributed by atoms with Crippen molar-refractivity contribution >= 4 is 17.6 Å². The number of amides is 1. The van der Waals surface area contributed by atoms with Crippen LogP contribution in [0.25, 0.3) is 0 Å². The van der Waals surface area contributed by atoms with Gasteiger partial charge < -0.3 is 15.7 Å². The summed E-state index contributed by atoms with van der Waals surface area (Å²) in [5.41, 5.74) is 6.16. The Labute approximate surface area is 125 Å². The van der Waals surface area contributed by atoms with E-state index in [1.54, 1.807) is 24.3 Å². The summed E-state index contributed by atoms with van der Waals surface area (Å²) in [5.74, 6) is -1.19. The summed E-state index contributed by atoms with van der Waals surface area (Å²) in [6, 6.07) is 8.89. The number of carbonyl (C=O) groups excluding carboxylic acids is 1. The lowest BCUT2D eigenvalue weighted by molar-refractivity contribution is -0.136. The molecule has 0 spiro atoms. The van der Waals surface area contributed by atoms with Gasteiger partial charge in [-0.1, -0.05) is 32.0 Å². The number of nitrogens with zero attached hydrogens (tertiary/aromatic N) is 1. The normalized spacial score (nSPS) is 11.2. The van der Waals surface area contributed by atoms with Crippen LogP contribution in [0.5, 0.6) is 0 Å². The number of hydrogen-bond acceptors (Lipinski definition) is 3. The predicted molar refractivity (Wildman–Crippen MR) is 83.1 cm³/mol. The van der Waals surface area contributed by atoms with E-state index >= 15 is 0 Å². The van der Waals surface area contributed by atoms with Gasteiger partial charge in [-0.05, 0) is 36.9 Å². The Morgan fingerprint density at radius 3 is 2.33 bits per heavy atom. The fourth-order valence-electron chi connectivity index (χ4n) is 2.16. The van der Waals surface area contributed by atoms with Crippen molar-refractivity contribution in [3.8, 4) is 0 Å². The molecule has 1 aromatic rings. The number of rotatable bonds is 8. The fourth-order valence-corrected chi connectivity index (χ4v) is 2.16. The van der Waals surface area contributed by atoms with Crippen LogP contribution < -0.4 is 10.6 Å². The highest BCUT2D eigenvalue weighted by molar-refractivity contribution is 5.97. The molecule has 0 aliphatic carbocycles. The zero-order valence-corrected chi connectivity index (χ0v) is 12.7. The first-order chi connectivity index (χ1) is 9.85. The second-order valence-electron chi connectivity index (χ2n) is 5.91. The Balaban J connectivity index is 2.75. The molecule has 5 nitrogen and oxygen atoms in total. The van der Waals surface area contributed by atoms with Crippen LogP contribution >= 0.6 is 0 Å². The minimum atomic E-state index is -1.02. The summed E-state index contributed by atoms with van der Waals surface area (Å²) < 4.78 is 0. The van der Waals surface area contributed by atoms with Gasteiger partial charge in [-0.15, -0.1) is 0 Å². The molecule has 0 fully saturated rings. The first kappa shape index (κ1) is 17.2. The maximum atomic E-state index is 12.4. The molecule has 0 atom stereocenters. The number of benzene rings is 1. The van der Waals surface area contributed by atoms with Crippen molar-refractivity contribution in [3.63, 3.8) is 0 Å². The molecule has 1 amide bonds. The monoisotopic (exact) mass is 292 g/mol. The molecule has 116 valence electrons. The van der Waals surface area contributed by atoms with Gasteiger partial charge in [0.1, 0.15) is 6.54 Å². The zero-order valence-electron chi connectivity index (χ0n) is 12.7. The van der Waals surface area contributed by atoms with Crippen LogP contribution in [0.3, 0.4) is 0 Å². The highest BCUT2D eigenvalue weighted by Gasteiger charge is 2.23. The third kappa shape index (κ3) is 5.95. The fraction of sp³-hybridized carbons (Fsp3) is 0.500. The van der Waals surface area contributed by atoms with E-state index in [9.17, 15) is 9.59 Å². The van der Waals surface area contributed by atoms with Crippen LogP contribution in [0, 0.1) is 5.41 Å². The Kier molecular flexibility index (Phi) is 6.37. The summed E-state index contributed by atoms with van der Waals surface area (Å²) >= 11 is 0. The molecule has 0 aromatic heterocycles. The summed E-state index contributed by atoms with van der Waals surface area (Å²) in [6.07, 6.45) is 1.84. The van der Waals surface area contributed by atoms with Gasteiger partial charge in [0, 0.05) is 12.1 Å².